The molecule has 0 spiro atoms. The van der Waals surface area contributed by atoms with E-state index in [9.17, 15) is 0 Å². The van der Waals surface area contributed by atoms with Gasteiger partial charge in [0, 0.05) is 30.1 Å². The average molecular weight is 305 g/mol. The summed E-state index contributed by atoms with van der Waals surface area (Å²) in [5.74, 6) is 2.35. The van der Waals surface area contributed by atoms with Crippen molar-refractivity contribution in [2.45, 2.75) is 12.1 Å². The molecule has 0 bridgehead atoms. The predicted octanol–water partition coefficient (Wildman–Crippen LogP) is 3.30. The summed E-state index contributed by atoms with van der Waals surface area (Å²) in [4.78, 5) is 2.42. The highest BCUT2D eigenvalue weighted by Crippen LogP contribution is 2.30. The molecule has 0 aliphatic carbocycles. The minimum absolute atomic E-state index is 0.289. The Labute approximate surface area is 123 Å². The van der Waals surface area contributed by atoms with Crippen LogP contribution in [0.25, 0.3) is 0 Å². The van der Waals surface area contributed by atoms with Crippen molar-refractivity contribution in [1.82, 2.24) is 10.2 Å². The molecule has 1 aliphatic rings. The van der Waals surface area contributed by atoms with Crippen LogP contribution in [-0.4, -0.2) is 43.1 Å². The smallest absolute Gasteiger partial charge is 0.0595 e. The van der Waals surface area contributed by atoms with Crippen molar-refractivity contribution in [3.05, 3.63) is 33.8 Å². The van der Waals surface area contributed by atoms with Gasteiger partial charge in [0.2, 0.25) is 0 Å². The molecule has 1 N–H and O–H groups in total. The molecule has 5 heteroatoms. The number of likely N-dealkylation sites (N-methyl/N-ethyl adjacent to an activating group) is 2. The van der Waals surface area contributed by atoms with Crippen molar-refractivity contribution in [3.63, 3.8) is 0 Å². The third-order valence-corrected chi connectivity index (χ3v) is 5.23. The summed E-state index contributed by atoms with van der Waals surface area (Å²) in [5.41, 5.74) is 1.20. The van der Waals surface area contributed by atoms with Crippen molar-refractivity contribution in [3.8, 4) is 0 Å². The molecule has 2 unspecified atom stereocenters. The first-order valence-electron chi connectivity index (χ1n) is 6.03. The molecule has 1 aliphatic heterocycles. The van der Waals surface area contributed by atoms with Gasteiger partial charge in [-0.15, -0.1) is 0 Å². The molecule has 1 fully saturated rings. The SMILES string of the molecule is CNC(c1ccc(Cl)c(Cl)c1)C1CSCCN1C. The first-order chi connectivity index (χ1) is 8.63. The molecule has 0 aromatic heterocycles. The van der Waals surface area contributed by atoms with Crippen LogP contribution in [-0.2, 0) is 0 Å². The molecule has 1 heterocycles. The summed E-state index contributed by atoms with van der Waals surface area (Å²) < 4.78 is 0. The number of benzene rings is 1. The lowest BCUT2D eigenvalue weighted by atomic mass is 9.99. The first-order valence-corrected chi connectivity index (χ1v) is 7.94. The van der Waals surface area contributed by atoms with Crippen LogP contribution in [0.5, 0.6) is 0 Å². The molecule has 100 valence electrons. The van der Waals surface area contributed by atoms with Gasteiger partial charge in [0.15, 0.2) is 0 Å². The second-order valence-electron chi connectivity index (χ2n) is 4.56. The Hall–Kier alpha value is 0.0700. The molecule has 1 aromatic rings. The lowest BCUT2D eigenvalue weighted by Crippen LogP contribution is -2.47. The van der Waals surface area contributed by atoms with Gasteiger partial charge in [0.25, 0.3) is 0 Å². The Morgan fingerprint density at radius 2 is 2.17 bits per heavy atom. The zero-order chi connectivity index (χ0) is 13.1. The van der Waals surface area contributed by atoms with Crippen molar-refractivity contribution < 1.29 is 0 Å². The van der Waals surface area contributed by atoms with Crippen LogP contribution in [0.15, 0.2) is 18.2 Å². The molecule has 0 saturated carbocycles. The number of thioether (sulfide) groups is 1. The van der Waals surface area contributed by atoms with E-state index in [4.69, 9.17) is 23.2 Å². The highest BCUT2D eigenvalue weighted by atomic mass is 35.5. The normalized spacial score (nSPS) is 23.0. The fraction of sp³-hybridized carbons (Fsp3) is 0.538. The van der Waals surface area contributed by atoms with E-state index >= 15 is 0 Å². The molecular weight excluding hydrogens is 287 g/mol. The van der Waals surface area contributed by atoms with E-state index in [1.807, 2.05) is 30.9 Å². The first kappa shape index (κ1) is 14.5. The van der Waals surface area contributed by atoms with Gasteiger partial charge in [-0.25, -0.2) is 0 Å². The fourth-order valence-electron chi connectivity index (χ4n) is 2.34. The van der Waals surface area contributed by atoms with Crippen molar-refractivity contribution in [2.24, 2.45) is 0 Å². The third kappa shape index (κ3) is 3.14. The van der Waals surface area contributed by atoms with Gasteiger partial charge in [-0.05, 0) is 31.8 Å². The van der Waals surface area contributed by atoms with E-state index in [0.29, 0.717) is 16.1 Å². The van der Waals surface area contributed by atoms with Crippen molar-refractivity contribution in [2.75, 3.05) is 32.1 Å². The molecule has 0 radical (unpaired) electrons. The van der Waals surface area contributed by atoms with E-state index in [0.717, 1.165) is 12.3 Å². The minimum atomic E-state index is 0.289. The number of nitrogens with one attached hydrogen (secondary N) is 1. The Morgan fingerprint density at radius 1 is 1.39 bits per heavy atom. The number of hydrogen-bond donors (Lipinski definition) is 1. The third-order valence-electron chi connectivity index (χ3n) is 3.44. The summed E-state index contributed by atoms with van der Waals surface area (Å²) in [6.07, 6.45) is 0. The van der Waals surface area contributed by atoms with Gasteiger partial charge < -0.3 is 5.32 Å². The Balaban J connectivity index is 2.23. The standard InChI is InChI=1S/C13H18Cl2N2S/c1-16-13(12-8-18-6-5-17(12)2)9-3-4-10(14)11(15)7-9/h3-4,7,12-13,16H,5-6,8H2,1-2H3. The molecule has 1 saturated heterocycles. The summed E-state index contributed by atoms with van der Waals surface area (Å²) >= 11 is 14.1. The van der Waals surface area contributed by atoms with Crippen LogP contribution < -0.4 is 5.32 Å². The lowest BCUT2D eigenvalue weighted by molar-refractivity contribution is 0.221. The van der Waals surface area contributed by atoms with Crippen molar-refractivity contribution >= 4 is 35.0 Å². The highest BCUT2D eigenvalue weighted by Gasteiger charge is 2.28. The lowest BCUT2D eigenvalue weighted by Gasteiger charge is -2.38. The minimum Gasteiger partial charge on any atom is -0.312 e. The Morgan fingerprint density at radius 3 is 2.78 bits per heavy atom. The van der Waals surface area contributed by atoms with Crippen LogP contribution in [0.2, 0.25) is 10.0 Å². The number of nitrogens with zero attached hydrogens (tertiary/aromatic N) is 1. The topological polar surface area (TPSA) is 15.3 Å². The summed E-state index contributed by atoms with van der Waals surface area (Å²) in [5, 5.41) is 4.65. The predicted molar refractivity (Wildman–Crippen MR) is 82.0 cm³/mol. The van der Waals surface area contributed by atoms with Crippen LogP contribution in [0.1, 0.15) is 11.6 Å². The molecule has 0 amide bonds. The van der Waals surface area contributed by atoms with Gasteiger partial charge in [0.05, 0.1) is 10.0 Å². The molecule has 2 nitrogen and oxygen atoms in total. The van der Waals surface area contributed by atoms with Gasteiger partial charge in [0.1, 0.15) is 0 Å². The van der Waals surface area contributed by atoms with Crippen LogP contribution >= 0.6 is 35.0 Å². The van der Waals surface area contributed by atoms with E-state index in [-0.39, 0.29) is 6.04 Å². The fourth-order valence-corrected chi connectivity index (χ4v) is 3.92. The molecule has 18 heavy (non-hydrogen) atoms. The Kier molecular flexibility index (Phi) is 5.22. The van der Waals surface area contributed by atoms with Gasteiger partial charge >= 0.3 is 0 Å². The second kappa shape index (κ2) is 6.49. The van der Waals surface area contributed by atoms with Gasteiger partial charge in [-0.1, -0.05) is 29.3 Å². The van der Waals surface area contributed by atoms with Crippen LogP contribution in [0.4, 0.5) is 0 Å². The maximum atomic E-state index is 6.11. The number of rotatable bonds is 3. The van der Waals surface area contributed by atoms with E-state index < -0.39 is 0 Å². The number of halogens is 2. The maximum absolute atomic E-state index is 6.11. The average Bonchev–Trinajstić information content (AvgIpc) is 2.37. The highest BCUT2D eigenvalue weighted by molar-refractivity contribution is 7.99. The maximum Gasteiger partial charge on any atom is 0.0595 e. The van der Waals surface area contributed by atoms with E-state index in [2.05, 4.69) is 23.3 Å². The Bertz CT molecular complexity index is 414. The summed E-state index contributed by atoms with van der Waals surface area (Å²) in [6, 6.07) is 6.68. The number of hydrogen-bond acceptors (Lipinski definition) is 3. The van der Waals surface area contributed by atoms with Gasteiger partial charge in [-0.2, -0.15) is 11.8 Å². The van der Waals surface area contributed by atoms with E-state index in [1.54, 1.807) is 0 Å². The molecule has 2 atom stereocenters. The van der Waals surface area contributed by atoms with Gasteiger partial charge in [-0.3, -0.25) is 4.90 Å². The summed E-state index contributed by atoms with van der Waals surface area (Å²) in [7, 11) is 4.19. The zero-order valence-corrected chi connectivity index (χ0v) is 12.9. The molecule has 2 rings (SSSR count). The molecular formula is C13H18Cl2N2S. The van der Waals surface area contributed by atoms with E-state index in [1.165, 1.54) is 11.3 Å². The largest absolute Gasteiger partial charge is 0.312 e. The molecule has 1 aromatic carbocycles. The zero-order valence-electron chi connectivity index (χ0n) is 10.6. The monoisotopic (exact) mass is 304 g/mol. The van der Waals surface area contributed by atoms with Crippen LogP contribution in [0, 0.1) is 0 Å². The summed E-state index contributed by atoms with van der Waals surface area (Å²) in [6.45, 7) is 1.13. The second-order valence-corrected chi connectivity index (χ2v) is 6.53. The quantitative estimate of drug-likeness (QED) is 0.922. The van der Waals surface area contributed by atoms with Crippen molar-refractivity contribution in [1.29, 1.82) is 0 Å². The van der Waals surface area contributed by atoms with Crippen LogP contribution in [0.3, 0.4) is 0 Å².